The normalized spacial score (nSPS) is 21.7. The lowest BCUT2D eigenvalue weighted by Gasteiger charge is -2.32. The van der Waals surface area contributed by atoms with Crippen molar-refractivity contribution in [3.05, 3.63) is 34.9 Å². The number of carbonyl (C=O) groups is 2. The van der Waals surface area contributed by atoms with Gasteiger partial charge in [0.15, 0.2) is 0 Å². The van der Waals surface area contributed by atoms with Crippen molar-refractivity contribution in [2.24, 2.45) is 5.92 Å². The Morgan fingerprint density at radius 2 is 1.94 bits per heavy atom. The molecule has 2 fully saturated rings. The van der Waals surface area contributed by atoms with Crippen LogP contribution in [0.15, 0.2) is 34.1 Å². The summed E-state index contributed by atoms with van der Waals surface area (Å²) in [5, 5.41) is 0.464. The largest absolute Gasteiger partial charge is 0.466 e. The molecular weight excluding hydrogens is 472 g/mol. The smallest absolute Gasteiger partial charge is 0.348 e. The highest BCUT2D eigenvalue weighted by molar-refractivity contribution is 7.89. The fourth-order valence-corrected chi connectivity index (χ4v) is 6.68. The number of carbonyl (C=O) groups excluding carboxylic acids is 2. The first kappa shape index (κ1) is 25.3. The SMILES string of the molecule is CCOC(=O)[C@H]1CCCN(C(=O)Cn2c(=O)ncc3cc(S(=O)(=O)N4CCCC[C@H]4C)ccc32)C1. The quantitative estimate of drug-likeness (QED) is 0.550. The zero-order valence-corrected chi connectivity index (χ0v) is 21.0. The molecule has 0 aliphatic carbocycles. The number of hydrogen-bond acceptors (Lipinski definition) is 7. The van der Waals surface area contributed by atoms with E-state index in [1.54, 1.807) is 17.9 Å². The summed E-state index contributed by atoms with van der Waals surface area (Å²) in [6, 6.07) is 4.48. The number of likely N-dealkylation sites (tertiary alicyclic amines) is 1. The second kappa shape index (κ2) is 10.4. The van der Waals surface area contributed by atoms with Gasteiger partial charge in [-0.1, -0.05) is 6.42 Å². The molecule has 2 saturated heterocycles. The number of esters is 1. The van der Waals surface area contributed by atoms with Crippen LogP contribution in [0.2, 0.25) is 0 Å². The molecule has 190 valence electrons. The Hall–Kier alpha value is -2.79. The van der Waals surface area contributed by atoms with Crippen molar-refractivity contribution >= 4 is 32.8 Å². The molecule has 0 unspecified atom stereocenters. The average molecular weight is 505 g/mol. The Kier molecular flexibility index (Phi) is 7.56. The van der Waals surface area contributed by atoms with E-state index in [2.05, 4.69) is 4.98 Å². The molecule has 2 aliphatic heterocycles. The Labute approximate surface area is 204 Å². The standard InChI is InChI=1S/C24H32N4O6S/c1-3-34-23(30)18-8-6-11-26(15-18)22(29)16-27-21-10-9-20(13-19(21)14-25-24(27)31)35(32,33)28-12-5-4-7-17(28)2/h9-10,13-14,17-18H,3-8,11-12,15-16H2,1-2H3/t17-,18+/m1/s1. The molecule has 2 aliphatic rings. The van der Waals surface area contributed by atoms with E-state index in [-0.39, 0.29) is 48.4 Å². The van der Waals surface area contributed by atoms with Crippen molar-refractivity contribution in [2.75, 3.05) is 26.2 Å². The van der Waals surface area contributed by atoms with Gasteiger partial charge in [-0.15, -0.1) is 0 Å². The Balaban J connectivity index is 1.58. The van der Waals surface area contributed by atoms with Crippen LogP contribution in [-0.4, -0.2) is 71.3 Å². The van der Waals surface area contributed by atoms with Gasteiger partial charge in [0.05, 0.1) is 22.9 Å². The van der Waals surface area contributed by atoms with E-state index in [1.807, 2.05) is 6.92 Å². The minimum atomic E-state index is -3.69. The van der Waals surface area contributed by atoms with Gasteiger partial charge >= 0.3 is 11.7 Å². The van der Waals surface area contributed by atoms with Crippen LogP contribution in [0.3, 0.4) is 0 Å². The molecule has 3 heterocycles. The van der Waals surface area contributed by atoms with Gasteiger partial charge in [-0.2, -0.15) is 4.31 Å². The molecule has 11 heteroatoms. The Bertz CT molecular complexity index is 1270. The molecule has 1 amide bonds. The number of amides is 1. The van der Waals surface area contributed by atoms with Crippen LogP contribution in [-0.2, 0) is 30.9 Å². The predicted molar refractivity (Wildman–Crippen MR) is 129 cm³/mol. The predicted octanol–water partition coefficient (Wildman–Crippen LogP) is 1.76. The van der Waals surface area contributed by atoms with Crippen molar-refractivity contribution < 1.29 is 22.7 Å². The fraction of sp³-hybridized carbons (Fsp3) is 0.583. The number of aromatic nitrogens is 2. The first-order valence-corrected chi connectivity index (χ1v) is 13.6. The maximum atomic E-state index is 13.2. The van der Waals surface area contributed by atoms with E-state index in [9.17, 15) is 22.8 Å². The molecule has 10 nitrogen and oxygen atoms in total. The summed E-state index contributed by atoms with van der Waals surface area (Å²) in [6.45, 7) is 4.93. The molecule has 1 aromatic carbocycles. The number of benzene rings is 1. The van der Waals surface area contributed by atoms with Crippen LogP contribution in [0, 0.1) is 5.92 Å². The molecule has 0 bridgehead atoms. The van der Waals surface area contributed by atoms with Gasteiger partial charge in [0, 0.05) is 37.3 Å². The third-order valence-electron chi connectivity index (χ3n) is 6.87. The minimum Gasteiger partial charge on any atom is -0.466 e. The first-order valence-electron chi connectivity index (χ1n) is 12.2. The van der Waals surface area contributed by atoms with Gasteiger partial charge < -0.3 is 9.64 Å². The van der Waals surface area contributed by atoms with Gasteiger partial charge in [-0.05, 0) is 57.7 Å². The summed E-state index contributed by atoms with van der Waals surface area (Å²) >= 11 is 0. The van der Waals surface area contributed by atoms with Crippen molar-refractivity contribution in [2.45, 2.75) is 63.4 Å². The van der Waals surface area contributed by atoms with Crippen LogP contribution >= 0.6 is 0 Å². The third-order valence-corrected chi connectivity index (χ3v) is 8.88. The van der Waals surface area contributed by atoms with Crippen LogP contribution in [0.5, 0.6) is 0 Å². The van der Waals surface area contributed by atoms with E-state index in [4.69, 9.17) is 4.74 Å². The average Bonchev–Trinajstić information content (AvgIpc) is 2.85. The second-order valence-corrected chi connectivity index (χ2v) is 11.1. The summed E-state index contributed by atoms with van der Waals surface area (Å²) in [5.41, 5.74) is -0.159. The molecule has 0 saturated carbocycles. The minimum absolute atomic E-state index is 0.0721. The maximum Gasteiger partial charge on any atom is 0.348 e. The van der Waals surface area contributed by atoms with Gasteiger partial charge in [-0.25, -0.2) is 18.2 Å². The number of sulfonamides is 1. The van der Waals surface area contributed by atoms with Crippen molar-refractivity contribution in [1.29, 1.82) is 0 Å². The highest BCUT2D eigenvalue weighted by Crippen LogP contribution is 2.27. The topological polar surface area (TPSA) is 119 Å². The van der Waals surface area contributed by atoms with E-state index < -0.39 is 15.7 Å². The van der Waals surface area contributed by atoms with Crippen LogP contribution < -0.4 is 5.69 Å². The molecule has 4 rings (SSSR count). The van der Waals surface area contributed by atoms with Gasteiger partial charge in [0.1, 0.15) is 6.54 Å². The number of piperidine rings is 2. The molecule has 0 N–H and O–H groups in total. The number of ether oxygens (including phenoxy) is 1. The molecule has 1 aromatic heterocycles. The first-order chi connectivity index (χ1) is 16.7. The van der Waals surface area contributed by atoms with Gasteiger partial charge in [0.2, 0.25) is 15.9 Å². The maximum absolute atomic E-state index is 13.2. The summed E-state index contributed by atoms with van der Waals surface area (Å²) in [5.74, 6) is -0.986. The van der Waals surface area contributed by atoms with Crippen molar-refractivity contribution in [3.8, 4) is 0 Å². The van der Waals surface area contributed by atoms with Crippen molar-refractivity contribution in [1.82, 2.24) is 18.8 Å². The Morgan fingerprint density at radius 3 is 2.69 bits per heavy atom. The summed E-state index contributed by atoms with van der Waals surface area (Å²) in [6.07, 6.45) is 5.33. The lowest BCUT2D eigenvalue weighted by Crippen LogP contribution is -2.45. The monoisotopic (exact) mass is 504 g/mol. The highest BCUT2D eigenvalue weighted by atomic mass is 32.2. The number of fused-ring (bicyclic) bond motifs is 1. The number of hydrogen-bond donors (Lipinski definition) is 0. The lowest BCUT2D eigenvalue weighted by molar-refractivity contribution is -0.151. The lowest BCUT2D eigenvalue weighted by atomic mass is 9.98. The van der Waals surface area contributed by atoms with Crippen LogP contribution in [0.25, 0.3) is 10.9 Å². The highest BCUT2D eigenvalue weighted by Gasteiger charge is 2.32. The molecule has 2 atom stereocenters. The molecule has 35 heavy (non-hydrogen) atoms. The summed E-state index contributed by atoms with van der Waals surface area (Å²) < 4.78 is 34.4. The number of nitrogens with zero attached hydrogens (tertiary/aromatic N) is 4. The van der Waals surface area contributed by atoms with E-state index in [0.717, 1.165) is 19.3 Å². The van der Waals surface area contributed by atoms with Crippen molar-refractivity contribution in [3.63, 3.8) is 0 Å². The third kappa shape index (κ3) is 5.25. The van der Waals surface area contributed by atoms with Crippen LogP contribution in [0.1, 0.15) is 46.0 Å². The zero-order chi connectivity index (χ0) is 25.2. The summed E-state index contributed by atoms with van der Waals surface area (Å²) in [7, 11) is -3.69. The van der Waals surface area contributed by atoms with E-state index in [1.165, 1.54) is 27.2 Å². The fourth-order valence-electron chi connectivity index (χ4n) is 4.95. The molecule has 2 aromatic rings. The molecular formula is C24H32N4O6S. The van der Waals surface area contributed by atoms with E-state index >= 15 is 0 Å². The number of rotatable bonds is 6. The molecule has 0 spiro atoms. The molecule has 0 radical (unpaired) electrons. The van der Waals surface area contributed by atoms with Gasteiger partial charge in [-0.3, -0.25) is 14.2 Å². The summed E-state index contributed by atoms with van der Waals surface area (Å²) in [4.78, 5) is 43.3. The van der Waals surface area contributed by atoms with E-state index in [0.29, 0.717) is 36.8 Å². The Morgan fingerprint density at radius 1 is 1.14 bits per heavy atom. The van der Waals surface area contributed by atoms with Crippen LogP contribution in [0.4, 0.5) is 0 Å². The van der Waals surface area contributed by atoms with Gasteiger partial charge in [0.25, 0.3) is 0 Å². The second-order valence-electron chi connectivity index (χ2n) is 9.24. The zero-order valence-electron chi connectivity index (χ0n) is 20.2.